The third kappa shape index (κ3) is 3.04. The van der Waals surface area contributed by atoms with Gasteiger partial charge in [0.1, 0.15) is 12.4 Å². The SMILES string of the molecule is CNCCOc1ccc(C(F)(F)F)c2c1CCC(=O)N2. The molecule has 1 aromatic rings. The third-order valence-electron chi connectivity index (χ3n) is 3.05. The van der Waals surface area contributed by atoms with Crippen LogP contribution in [0.15, 0.2) is 12.1 Å². The first-order chi connectivity index (χ1) is 9.43. The lowest BCUT2D eigenvalue weighted by Gasteiger charge is -2.24. The minimum absolute atomic E-state index is 0.163. The van der Waals surface area contributed by atoms with Crippen LogP contribution in [0.5, 0.6) is 5.75 Å². The fourth-order valence-electron chi connectivity index (χ4n) is 2.09. The lowest BCUT2D eigenvalue weighted by molar-refractivity contribution is -0.137. The average Bonchev–Trinajstić information content (AvgIpc) is 2.37. The maximum absolute atomic E-state index is 12.9. The van der Waals surface area contributed by atoms with Gasteiger partial charge < -0.3 is 15.4 Å². The van der Waals surface area contributed by atoms with Crippen molar-refractivity contribution in [3.63, 3.8) is 0 Å². The molecule has 1 aromatic carbocycles. The highest BCUT2D eigenvalue weighted by atomic mass is 19.4. The number of likely N-dealkylation sites (N-methyl/N-ethyl adjacent to an activating group) is 1. The van der Waals surface area contributed by atoms with Crippen LogP contribution in [0.25, 0.3) is 0 Å². The number of ether oxygens (including phenoxy) is 1. The van der Waals surface area contributed by atoms with Gasteiger partial charge in [0, 0.05) is 18.5 Å². The Hall–Kier alpha value is -1.76. The van der Waals surface area contributed by atoms with Crippen LogP contribution in [-0.4, -0.2) is 26.1 Å². The summed E-state index contributed by atoms with van der Waals surface area (Å²) in [7, 11) is 1.76. The maximum atomic E-state index is 12.9. The molecule has 2 N–H and O–H groups in total. The van der Waals surface area contributed by atoms with Crippen LogP contribution in [0.2, 0.25) is 0 Å². The van der Waals surface area contributed by atoms with Gasteiger partial charge in [-0.2, -0.15) is 13.2 Å². The molecule has 0 aliphatic carbocycles. The first-order valence-electron chi connectivity index (χ1n) is 6.24. The van der Waals surface area contributed by atoms with Gasteiger partial charge in [-0.05, 0) is 25.6 Å². The Morgan fingerprint density at radius 3 is 2.75 bits per heavy atom. The Morgan fingerprint density at radius 2 is 2.10 bits per heavy atom. The van der Waals surface area contributed by atoms with Crippen LogP contribution in [0, 0.1) is 0 Å². The summed E-state index contributed by atoms with van der Waals surface area (Å²) in [6.45, 7) is 0.935. The van der Waals surface area contributed by atoms with Gasteiger partial charge in [-0.1, -0.05) is 0 Å². The van der Waals surface area contributed by atoms with E-state index in [0.29, 0.717) is 24.5 Å². The Bertz CT molecular complexity index is 515. The lowest BCUT2D eigenvalue weighted by atomic mass is 9.97. The molecular formula is C13H15F3N2O2. The Morgan fingerprint density at radius 1 is 1.35 bits per heavy atom. The zero-order chi connectivity index (χ0) is 14.8. The Kier molecular flexibility index (Phi) is 4.17. The van der Waals surface area contributed by atoms with Crippen molar-refractivity contribution in [2.75, 3.05) is 25.5 Å². The second kappa shape index (κ2) is 5.70. The number of amides is 1. The van der Waals surface area contributed by atoms with Crippen molar-refractivity contribution in [2.45, 2.75) is 19.0 Å². The topological polar surface area (TPSA) is 50.4 Å². The van der Waals surface area contributed by atoms with Crippen molar-refractivity contribution >= 4 is 11.6 Å². The number of rotatable bonds is 4. The van der Waals surface area contributed by atoms with Crippen molar-refractivity contribution in [1.82, 2.24) is 5.32 Å². The molecule has 1 amide bonds. The molecule has 1 aliphatic rings. The molecule has 0 radical (unpaired) electrons. The van der Waals surface area contributed by atoms with E-state index in [1.165, 1.54) is 6.07 Å². The molecule has 1 heterocycles. The van der Waals surface area contributed by atoms with E-state index >= 15 is 0 Å². The molecular weight excluding hydrogens is 273 g/mol. The van der Waals surface area contributed by atoms with Crippen LogP contribution >= 0.6 is 0 Å². The molecule has 0 aromatic heterocycles. The number of hydrogen-bond donors (Lipinski definition) is 2. The van der Waals surface area contributed by atoms with E-state index in [0.717, 1.165) is 6.07 Å². The normalized spacial score (nSPS) is 14.7. The van der Waals surface area contributed by atoms with Crippen molar-refractivity contribution in [3.8, 4) is 5.75 Å². The largest absolute Gasteiger partial charge is 0.492 e. The summed E-state index contributed by atoms with van der Waals surface area (Å²) in [6, 6.07) is 2.26. The fraction of sp³-hybridized carbons (Fsp3) is 0.462. The van der Waals surface area contributed by atoms with Crippen LogP contribution in [0.4, 0.5) is 18.9 Å². The highest BCUT2D eigenvalue weighted by Crippen LogP contribution is 2.42. The summed E-state index contributed by atoms with van der Waals surface area (Å²) < 4.78 is 44.3. The molecule has 20 heavy (non-hydrogen) atoms. The van der Waals surface area contributed by atoms with Gasteiger partial charge in [-0.15, -0.1) is 0 Å². The van der Waals surface area contributed by atoms with E-state index < -0.39 is 17.6 Å². The smallest absolute Gasteiger partial charge is 0.418 e. The fourth-order valence-corrected chi connectivity index (χ4v) is 2.09. The van der Waals surface area contributed by atoms with Crippen LogP contribution < -0.4 is 15.4 Å². The number of hydrogen-bond acceptors (Lipinski definition) is 3. The minimum atomic E-state index is -4.50. The van der Waals surface area contributed by atoms with Gasteiger partial charge in [-0.25, -0.2) is 0 Å². The quantitative estimate of drug-likeness (QED) is 0.835. The van der Waals surface area contributed by atoms with E-state index in [-0.39, 0.29) is 18.5 Å². The number of nitrogens with one attached hydrogen (secondary N) is 2. The molecule has 0 saturated carbocycles. The number of carbonyl (C=O) groups is 1. The number of alkyl halides is 3. The monoisotopic (exact) mass is 288 g/mol. The molecule has 7 heteroatoms. The van der Waals surface area contributed by atoms with Crippen molar-refractivity contribution < 1.29 is 22.7 Å². The number of benzene rings is 1. The van der Waals surface area contributed by atoms with Gasteiger partial charge >= 0.3 is 6.18 Å². The lowest BCUT2D eigenvalue weighted by Crippen LogP contribution is -2.24. The number of halogens is 3. The van der Waals surface area contributed by atoms with Crippen LogP contribution in [-0.2, 0) is 17.4 Å². The molecule has 0 unspecified atom stereocenters. The number of carbonyl (C=O) groups excluding carboxylic acids is 1. The minimum Gasteiger partial charge on any atom is -0.492 e. The standard InChI is InChI=1S/C13H15F3N2O2/c1-17-6-7-20-10-4-3-9(13(14,15)16)12-8(10)2-5-11(19)18-12/h3-4,17H,2,5-7H2,1H3,(H,18,19). The van der Waals surface area contributed by atoms with Gasteiger partial charge in [0.2, 0.25) is 5.91 Å². The highest BCUT2D eigenvalue weighted by molar-refractivity contribution is 5.95. The first-order valence-corrected chi connectivity index (χ1v) is 6.24. The van der Waals surface area contributed by atoms with Crippen molar-refractivity contribution in [1.29, 1.82) is 0 Å². The second-order valence-electron chi connectivity index (χ2n) is 4.46. The predicted molar refractivity (Wildman–Crippen MR) is 67.8 cm³/mol. The summed E-state index contributed by atoms with van der Waals surface area (Å²) in [5.41, 5.74) is -0.590. The first kappa shape index (κ1) is 14.6. The molecule has 2 rings (SSSR count). The zero-order valence-electron chi connectivity index (χ0n) is 10.9. The third-order valence-corrected chi connectivity index (χ3v) is 3.05. The summed E-state index contributed by atoms with van der Waals surface area (Å²) in [4.78, 5) is 11.3. The van der Waals surface area contributed by atoms with E-state index in [1.54, 1.807) is 7.05 Å². The van der Waals surface area contributed by atoms with Gasteiger partial charge in [-0.3, -0.25) is 4.79 Å². The zero-order valence-corrected chi connectivity index (χ0v) is 10.9. The molecule has 0 bridgehead atoms. The van der Waals surface area contributed by atoms with E-state index in [9.17, 15) is 18.0 Å². The summed E-state index contributed by atoms with van der Waals surface area (Å²) in [5, 5.41) is 5.20. The Labute approximate surface area is 114 Å². The van der Waals surface area contributed by atoms with Gasteiger partial charge in [0.15, 0.2) is 0 Å². The van der Waals surface area contributed by atoms with Crippen LogP contribution in [0.3, 0.4) is 0 Å². The number of anilines is 1. The molecule has 0 spiro atoms. The van der Waals surface area contributed by atoms with E-state index in [1.807, 2.05) is 0 Å². The molecule has 0 saturated heterocycles. The van der Waals surface area contributed by atoms with Gasteiger partial charge in [0.05, 0.1) is 11.3 Å². The molecule has 4 nitrogen and oxygen atoms in total. The summed E-state index contributed by atoms with van der Waals surface area (Å²) >= 11 is 0. The number of fused-ring (bicyclic) bond motifs is 1. The Balaban J connectivity index is 2.38. The highest BCUT2D eigenvalue weighted by Gasteiger charge is 2.37. The molecule has 110 valence electrons. The van der Waals surface area contributed by atoms with Crippen molar-refractivity contribution in [2.24, 2.45) is 0 Å². The molecule has 1 aliphatic heterocycles. The average molecular weight is 288 g/mol. The van der Waals surface area contributed by atoms with Crippen LogP contribution in [0.1, 0.15) is 17.5 Å². The van der Waals surface area contributed by atoms with E-state index in [4.69, 9.17) is 4.74 Å². The predicted octanol–water partition coefficient (Wildman–Crippen LogP) is 2.19. The molecule has 0 atom stereocenters. The summed E-state index contributed by atoms with van der Waals surface area (Å²) in [6.07, 6.45) is -4.09. The second-order valence-corrected chi connectivity index (χ2v) is 4.46. The summed E-state index contributed by atoms with van der Waals surface area (Å²) in [5.74, 6) is -0.0152. The van der Waals surface area contributed by atoms with E-state index in [2.05, 4.69) is 10.6 Å². The van der Waals surface area contributed by atoms with Crippen molar-refractivity contribution in [3.05, 3.63) is 23.3 Å². The maximum Gasteiger partial charge on any atom is 0.418 e. The van der Waals surface area contributed by atoms with Gasteiger partial charge in [0.25, 0.3) is 0 Å². The molecule has 0 fully saturated rings.